The van der Waals surface area contributed by atoms with Crippen LogP contribution < -0.4 is 0 Å². The Morgan fingerprint density at radius 2 is 2.42 bits per heavy atom. The molecule has 3 heteroatoms. The van der Waals surface area contributed by atoms with E-state index in [1.54, 1.807) is 7.11 Å². The predicted octanol–water partition coefficient (Wildman–Crippen LogP) is 1.27. The van der Waals surface area contributed by atoms with Gasteiger partial charge in [-0.1, -0.05) is 11.2 Å². The third-order valence-corrected chi connectivity index (χ3v) is 2.03. The van der Waals surface area contributed by atoms with Gasteiger partial charge < -0.3 is 9.74 Å². The zero-order chi connectivity index (χ0) is 8.97. The Hall–Kier alpha value is -0.830. The molecule has 0 aromatic rings. The van der Waals surface area contributed by atoms with Crippen molar-refractivity contribution in [2.45, 2.75) is 13.3 Å². The van der Waals surface area contributed by atoms with Crippen molar-refractivity contribution in [3.63, 3.8) is 0 Å². The van der Waals surface area contributed by atoms with Crippen LogP contribution in [0.4, 0.5) is 0 Å². The van der Waals surface area contributed by atoms with Gasteiger partial charge in [0.15, 0.2) is 0 Å². The zero-order valence-corrected chi connectivity index (χ0v) is 8.00. The molecule has 12 heavy (non-hydrogen) atoms. The van der Waals surface area contributed by atoms with Gasteiger partial charge in [-0.3, -0.25) is 0 Å². The Labute approximate surface area is 73.7 Å². The molecule has 0 atom stereocenters. The molecule has 0 amide bonds. The van der Waals surface area contributed by atoms with Crippen LogP contribution in [0.3, 0.4) is 0 Å². The van der Waals surface area contributed by atoms with Crippen LogP contribution in [-0.2, 0) is 4.84 Å². The van der Waals surface area contributed by atoms with Crippen molar-refractivity contribution in [3.05, 3.63) is 11.6 Å². The van der Waals surface area contributed by atoms with Gasteiger partial charge in [0.25, 0.3) is 0 Å². The lowest BCUT2D eigenvalue weighted by atomic mass is 10.1. The van der Waals surface area contributed by atoms with Crippen LogP contribution in [-0.4, -0.2) is 37.9 Å². The summed E-state index contributed by atoms with van der Waals surface area (Å²) in [5, 5.41) is 3.90. The molecule has 0 aromatic heterocycles. The number of hydrogen-bond donors (Lipinski definition) is 0. The summed E-state index contributed by atoms with van der Waals surface area (Å²) in [4.78, 5) is 7.00. The molecular weight excluding hydrogens is 152 g/mol. The van der Waals surface area contributed by atoms with E-state index in [-0.39, 0.29) is 0 Å². The van der Waals surface area contributed by atoms with Crippen molar-refractivity contribution in [2.75, 3.05) is 27.2 Å². The molecule has 0 fully saturated rings. The van der Waals surface area contributed by atoms with E-state index in [0.717, 1.165) is 25.2 Å². The Kier molecular flexibility index (Phi) is 3.29. The monoisotopic (exact) mass is 168 g/mol. The van der Waals surface area contributed by atoms with Gasteiger partial charge in [0.05, 0.1) is 5.71 Å². The molecular formula is C9H16N2O. The van der Waals surface area contributed by atoms with E-state index < -0.39 is 0 Å². The number of hydrogen-bond acceptors (Lipinski definition) is 3. The molecule has 0 unspecified atom stereocenters. The average Bonchev–Trinajstić information content (AvgIpc) is 2.05. The van der Waals surface area contributed by atoms with Crippen LogP contribution in [0.5, 0.6) is 0 Å². The first-order chi connectivity index (χ1) is 5.74. The lowest BCUT2D eigenvalue weighted by Gasteiger charge is -2.22. The summed E-state index contributed by atoms with van der Waals surface area (Å²) in [7, 11) is 3.70. The van der Waals surface area contributed by atoms with Gasteiger partial charge >= 0.3 is 0 Å². The minimum absolute atomic E-state index is 0.985. The lowest BCUT2D eigenvalue weighted by Crippen LogP contribution is -2.27. The van der Waals surface area contributed by atoms with E-state index in [9.17, 15) is 0 Å². The Bertz CT molecular complexity index is 209. The molecule has 0 spiro atoms. The van der Waals surface area contributed by atoms with E-state index in [1.807, 2.05) is 6.92 Å². The van der Waals surface area contributed by atoms with Crippen molar-refractivity contribution >= 4 is 5.71 Å². The smallest absolute Gasteiger partial charge is 0.106 e. The summed E-state index contributed by atoms with van der Waals surface area (Å²) in [5.74, 6) is 0. The second kappa shape index (κ2) is 4.26. The molecule has 1 aliphatic rings. The van der Waals surface area contributed by atoms with Gasteiger partial charge in [-0.2, -0.15) is 0 Å². The maximum Gasteiger partial charge on any atom is 0.106 e. The minimum Gasteiger partial charge on any atom is -0.399 e. The third kappa shape index (κ3) is 2.34. The molecule has 0 aliphatic carbocycles. The SMILES string of the molecule is CON=C(C)C1=CCCN(C)C1. The highest BCUT2D eigenvalue weighted by Crippen LogP contribution is 2.09. The largest absolute Gasteiger partial charge is 0.399 e. The maximum atomic E-state index is 4.72. The van der Waals surface area contributed by atoms with Crippen LogP contribution in [0.15, 0.2) is 16.8 Å². The Balaban J connectivity index is 2.62. The highest BCUT2D eigenvalue weighted by molar-refractivity contribution is 5.98. The summed E-state index contributed by atoms with van der Waals surface area (Å²) >= 11 is 0. The fourth-order valence-corrected chi connectivity index (χ4v) is 1.35. The van der Waals surface area contributed by atoms with Crippen LogP contribution in [0.25, 0.3) is 0 Å². The molecule has 0 saturated carbocycles. The second-order valence-electron chi connectivity index (χ2n) is 3.12. The zero-order valence-electron chi connectivity index (χ0n) is 8.00. The van der Waals surface area contributed by atoms with Gasteiger partial charge in [0.1, 0.15) is 7.11 Å². The first kappa shape index (κ1) is 9.26. The fraction of sp³-hybridized carbons (Fsp3) is 0.667. The van der Waals surface area contributed by atoms with Crippen molar-refractivity contribution in [1.29, 1.82) is 0 Å². The van der Waals surface area contributed by atoms with Gasteiger partial charge in [0, 0.05) is 13.1 Å². The highest BCUT2D eigenvalue weighted by atomic mass is 16.6. The summed E-state index contributed by atoms with van der Waals surface area (Å²) in [6, 6.07) is 0. The number of nitrogens with zero attached hydrogens (tertiary/aromatic N) is 2. The van der Waals surface area contributed by atoms with Gasteiger partial charge in [-0.25, -0.2) is 0 Å². The van der Waals surface area contributed by atoms with Crippen molar-refractivity contribution in [2.24, 2.45) is 5.16 Å². The van der Waals surface area contributed by atoms with Gasteiger partial charge in [-0.05, 0) is 26.0 Å². The van der Waals surface area contributed by atoms with Gasteiger partial charge in [-0.15, -0.1) is 0 Å². The van der Waals surface area contributed by atoms with Crippen LogP contribution >= 0.6 is 0 Å². The van der Waals surface area contributed by atoms with Crippen molar-refractivity contribution in [3.8, 4) is 0 Å². The number of likely N-dealkylation sites (N-methyl/N-ethyl adjacent to an activating group) is 1. The van der Waals surface area contributed by atoms with Crippen LogP contribution in [0.2, 0.25) is 0 Å². The first-order valence-electron chi connectivity index (χ1n) is 4.19. The Morgan fingerprint density at radius 3 is 3.00 bits per heavy atom. The van der Waals surface area contributed by atoms with Crippen LogP contribution in [0.1, 0.15) is 13.3 Å². The predicted molar refractivity (Wildman–Crippen MR) is 50.3 cm³/mol. The summed E-state index contributed by atoms with van der Waals surface area (Å²) in [5.41, 5.74) is 2.27. The normalized spacial score (nSPS) is 20.6. The molecule has 1 rings (SSSR count). The third-order valence-electron chi connectivity index (χ3n) is 2.03. The molecule has 68 valence electrons. The summed E-state index contributed by atoms with van der Waals surface area (Å²) in [6.07, 6.45) is 3.35. The molecule has 0 aromatic carbocycles. The minimum atomic E-state index is 0.985. The maximum absolute atomic E-state index is 4.72. The van der Waals surface area contributed by atoms with E-state index in [1.165, 1.54) is 5.57 Å². The van der Waals surface area contributed by atoms with E-state index in [2.05, 4.69) is 23.2 Å². The van der Waals surface area contributed by atoms with Gasteiger partial charge in [0.2, 0.25) is 0 Å². The standard InChI is InChI=1S/C9H16N2O/c1-8(10-12-3)9-5-4-6-11(2)7-9/h5H,4,6-7H2,1-3H3. The second-order valence-corrected chi connectivity index (χ2v) is 3.12. The highest BCUT2D eigenvalue weighted by Gasteiger charge is 2.10. The number of oxime groups is 1. The molecule has 0 saturated heterocycles. The molecule has 0 radical (unpaired) electrons. The topological polar surface area (TPSA) is 24.8 Å². The van der Waals surface area contributed by atoms with Crippen LogP contribution in [0, 0.1) is 0 Å². The molecule has 0 bridgehead atoms. The Morgan fingerprint density at radius 1 is 1.67 bits per heavy atom. The molecule has 1 aliphatic heterocycles. The van der Waals surface area contributed by atoms with Crippen molar-refractivity contribution < 1.29 is 4.84 Å². The molecule has 1 heterocycles. The lowest BCUT2D eigenvalue weighted by molar-refractivity contribution is 0.213. The molecule has 3 nitrogen and oxygen atoms in total. The van der Waals surface area contributed by atoms with E-state index in [0.29, 0.717) is 0 Å². The van der Waals surface area contributed by atoms with E-state index in [4.69, 9.17) is 4.84 Å². The quantitative estimate of drug-likeness (QED) is 0.458. The molecule has 0 N–H and O–H groups in total. The van der Waals surface area contributed by atoms with Crippen molar-refractivity contribution in [1.82, 2.24) is 4.90 Å². The summed E-state index contributed by atoms with van der Waals surface area (Å²) in [6.45, 7) is 4.11. The first-order valence-corrected chi connectivity index (χ1v) is 4.19. The fourth-order valence-electron chi connectivity index (χ4n) is 1.35. The van der Waals surface area contributed by atoms with E-state index >= 15 is 0 Å². The summed E-state index contributed by atoms with van der Waals surface area (Å²) < 4.78 is 0. The number of rotatable bonds is 2. The average molecular weight is 168 g/mol.